The molecule has 4 nitrogen and oxygen atoms in total. The Hall–Kier alpha value is -0.790. The lowest BCUT2D eigenvalue weighted by molar-refractivity contribution is 0.477. The third-order valence-electron chi connectivity index (χ3n) is 1.86. The van der Waals surface area contributed by atoms with E-state index in [1.165, 1.54) is 23.9 Å². The second kappa shape index (κ2) is 4.38. The van der Waals surface area contributed by atoms with Crippen molar-refractivity contribution in [1.82, 2.24) is 0 Å². The summed E-state index contributed by atoms with van der Waals surface area (Å²) in [7, 11) is -3.92. The topological polar surface area (TPSA) is 86.2 Å². The van der Waals surface area contributed by atoms with Crippen LogP contribution in [-0.2, 0) is 16.7 Å². The molecule has 84 valence electrons. The van der Waals surface area contributed by atoms with Crippen molar-refractivity contribution in [2.75, 3.05) is 12.0 Å². The maximum absolute atomic E-state index is 12.6. The summed E-state index contributed by atoms with van der Waals surface area (Å²) in [6.07, 6.45) is 1.77. The Bertz CT molecular complexity index is 474. The van der Waals surface area contributed by atoms with Crippen LogP contribution in [0.4, 0.5) is 10.1 Å². The van der Waals surface area contributed by atoms with Gasteiger partial charge in [-0.3, -0.25) is 0 Å². The Labute approximate surface area is 91.9 Å². The molecule has 0 spiro atoms. The molecule has 0 aliphatic rings. The number of benzene rings is 1. The van der Waals surface area contributed by atoms with Gasteiger partial charge in [0.15, 0.2) is 0 Å². The highest BCUT2D eigenvalue weighted by Crippen LogP contribution is 2.29. The van der Waals surface area contributed by atoms with Gasteiger partial charge in [-0.05, 0) is 18.4 Å². The zero-order valence-corrected chi connectivity index (χ0v) is 9.66. The fourth-order valence-corrected chi connectivity index (χ4v) is 2.49. The van der Waals surface area contributed by atoms with Crippen LogP contribution in [0.2, 0.25) is 0 Å². The number of sulfonamides is 1. The predicted octanol–water partition coefficient (Wildman–Crippen LogP) is 1.11. The van der Waals surface area contributed by atoms with E-state index in [0.717, 1.165) is 0 Å². The molecule has 0 unspecified atom stereocenters. The highest BCUT2D eigenvalue weighted by Gasteiger charge is 2.16. The van der Waals surface area contributed by atoms with Crippen molar-refractivity contribution in [1.29, 1.82) is 0 Å². The van der Waals surface area contributed by atoms with E-state index in [0.29, 0.717) is 4.90 Å². The summed E-state index contributed by atoms with van der Waals surface area (Å²) in [5, 5.41) is 4.94. The first-order valence-corrected chi connectivity index (χ1v) is 6.72. The molecule has 0 saturated heterocycles. The van der Waals surface area contributed by atoms with Crippen LogP contribution in [0.1, 0.15) is 5.56 Å². The van der Waals surface area contributed by atoms with E-state index in [4.69, 9.17) is 10.9 Å². The molecule has 0 atom stereocenters. The highest BCUT2D eigenvalue weighted by atomic mass is 32.2. The molecular weight excluding hydrogens is 239 g/mol. The van der Waals surface area contributed by atoms with Crippen molar-refractivity contribution in [3.63, 3.8) is 0 Å². The molecule has 0 aliphatic heterocycles. The van der Waals surface area contributed by atoms with Gasteiger partial charge in [0.05, 0.1) is 4.90 Å². The molecular formula is C8H11FN2O2S2. The Morgan fingerprint density at radius 1 is 1.47 bits per heavy atom. The molecule has 1 aromatic carbocycles. The maximum Gasteiger partial charge on any atom is 0.238 e. The minimum absolute atomic E-state index is 0.0380. The standard InChI is InChI=1S/C8H11FN2O2S2/c1-14-7-2-5(4-9)8(3-6(7)10)15(11,12)13/h2-3H,4,10H2,1H3,(H2,11,12,13). The second-order valence-electron chi connectivity index (χ2n) is 2.88. The zero-order valence-electron chi connectivity index (χ0n) is 8.03. The van der Waals surface area contributed by atoms with E-state index in [1.807, 2.05) is 0 Å². The van der Waals surface area contributed by atoms with E-state index >= 15 is 0 Å². The largest absolute Gasteiger partial charge is 0.398 e. The molecule has 0 aromatic heterocycles. The predicted molar refractivity (Wildman–Crippen MR) is 58.8 cm³/mol. The molecule has 0 fully saturated rings. The van der Waals surface area contributed by atoms with E-state index in [9.17, 15) is 12.8 Å². The number of hydrogen-bond donors (Lipinski definition) is 2. The number of nitrogens with two attached hydrogens (primary N) is 2. The average molecular weight is 250 g/mol. The van der Waals surface area contributed by atoms with Gasteiger partial charge in [-0.15, -0.1) is 11.8 Å². The summed E-state index contributed by atoms with van der Waals surface area (Å²) in [6, 6.07) is 2.59. The summed E-state index contributed by atoms with van der Waals surface area (Å²) in [5.41, 5.74) is 5.91. The SMILES string of the molecule is CSc1cc(CF)c(S(N)(=O)=O)cc1N. The van der Waals surface area contributed by atoms with E-state index in [-0.39, 0.29) is 16.1 Å². The molecule has 0 bridgehead atoms. The smallest absolute Gasteiger partial charge is 0.238 e. The lowest BCUT2D eigenvalue weighted by Crippen LogP contribution is -2.15. The van der Waals surface area contributed by atoms with E-state index < -0.39 is 16.7 Å². The molecule has 0 radical (unpaired) electrons. The Balaban J connectivity index is 3.48. The van der Waals surface area contributed by atoms with Gasteiger partial charge >= 0.3 is 0 Å². The number of anilines is 1. The quantitative estimate of drug-likeness (QED) is 0.621. The summed E-state index contributed by atoms with van der Waals surface area (Å²) < 4.78 is 34.8. The van der Waals surface area contributed by atoms with Crippen LogP contribution in [-0.4, -0.2) is 14.7 Å². The minimum atomic E-state index is -3.92. The Morgan fingerprint density at radius 3 is 2.47 bits per heavy atom. The van der Waals surface area contributed by atoms with Crippen LogP contribution in [0.5, 0.6) is 0 Å². The molecule has 0 aliphatic carbocycles. The summed E-state index contributed by atoms with van der Waals surface area (Å²) in [5.74, 6) is 0. The summed E-state index contributed by atoms with van der Waals surface area (Å²) in [4.78, 5) is 0.385. The van der Waals surface area contributed by atoms with Crippen LogP contribution in [0.15, 0.2) is 21.9 Å². The van der Waals surface area contributed by atoms with Crippen LogP contribution in [0, 0.1) is 0 Å². The summed E-state index contributed by atoms with van der Waals surface area (Å²) >= 11 is 1.32. The molecule has 0 heterocycles. The molecule has 0 amide bonds. The summed E-state index contributed by atoms with van der Waals surface area (Å²) in [6.45, 7) is -0.889. The van der Waals surface area contributed by atoms with E-state index in [1.54, 1.807) is 6.26 Å². The number of hydrogen-bond acceptors (Lipinski definition) is 4. The average Bonchev–Trinajstić information content (AvgIpc) is 2.16. The number of thioether (sulfide) groups is 1. The van der Waals surface area contributed by atoms with E-state index in [2.05, 4.69) is 0 Å². The van der Waals surface area contributed by atoms with Crippen LogP contribution < -0.4 is 10.9 Å². The first-order valence-electron chi connectivity index (χ1n) is 3.95. The molecule has 15 heavy (non-hydrogen) atoms. The number of halogens is 1. The molecule has 1 rings (SSSR count). The molecule has 7 heteroatoms. The highest BCUT2D eigenvalue weighted by molar-refractivity contribution is 7.98. The van der Waals surface area contributed by atoms with Gasteiger partial charge in [0.2, 0.25) is 10.0 Å². The lowest BCUT2D eigenvalue weighted by Gasteiger charge is -2.09. The van der Waals surface area contributed by atoms with Gasteiger partial charge in [-0.2, -0.15) is 0 Å². The van der Waals surface area contributed by atoms with Gasteiger partial charge < -0.3 is 5.73 Å². The van der Waals surface area contributed by atoms with Gasteiger partial charge in [-0.25, -0.2) is 17.9 Å². The van der Waals surface area contributed by atoms with Crippen LogP contribution >= 0.6 is 11.8 Å². The third kappa shape index (κ3) is 2.61. The molecule has 4 N–H and O–H groups in total. The number of primary sulfonamides is 1. The van der Waals surface area contributed by atoms with Gasteiger partial charge in [0, 0.05) is 16.1 Å². The number of nitrogen functional groups attached to an aromatic ring is 1. The molecule has 1 aromatic rings. The maximum atomic E-state index is 12.6. The van der Waals surface area contributed by atoms with Crippen molar-refractivity contribution in [2.24, 2.45) is 5.14 Å². The minimum Gasteiger partial charge on any atom is -0.398 e. The number of alkyl halides is 1. The van der Waals surface area contributed by atoms with Crippen LogP contribution in [0.25, 0.3) is 0 Å². The first-order chi connectivity index (χ1) is 6.90. The van der Waals surface area contributed by atoms with Crippen LogP contribution in [0.3, 0.4) is 0 Å². The van der Waals surface area contributed by atoms with Crippen molar-refractivity contribution in [2.45, 2.75) is 16.5 Å². The van der Waals surface area contributed by atoms with Crippen molar-refractivity contribution in [3.8, 4) is 0 Å². The number of rotatable bonds is 3. The third-order valence-corrected chi connectivity index (χ3v) is 3.65. The van der Waals surface area contributed by atoms with Crippen molar-refractivity contribution in [3.05, 3.63) is 17.7 Å². The first kappa shape index (κ1) is 12.3. The van der Waals surface area contributed by atoms with Gasteiger partial charge in [-0.1, -0.05) is 0 Å². The normalized spacial score (nSPS) is 11.7. The van der Waals surface area contributed by atoms with Gasteiger partial charge in [0.1, 0.15) is 6.67 Å². The zero-order chi connectivity index (χ0) is 11.6. The molecule has 0 saturated carbocycles. The van der Waals surface area contributed by atoms with Gasteiger partial charge in [0.25, 0.3) is 0 Å². The fourth-order valence-electron chi connectivity index (χ4n) is 1.16. The Morgan fingerprint density at radius 2 is 2.07 bits per heavy atom. The fraction of sp³-hybridized carbons (Fsp3) is 0.250. The van der Waals surface area contributed by atoms with Crippen molar-refractivity contribution >= 4 is 27.5 Å². The lowest BCUT2D eigenvalue weighted by atomic mass is 10.2. The second-order valence-corrected chi connectivity index (χ2v) is 5.26. The van der Waals surface area contributed by atoms with Crippen molar-refractivity contribution < 1.29 is 12.8 Å². The monoisotopic (exact) mass is 250 g/mol. The Kier molecular flexibility index (Phi) is 3.58.